The molecule has 1 aliphatic rings. The first-order valence-corrected chi connectivity index (χ1v) is 5.75. The van der Waals surface area contributed by atoms with E-state index in [2.05, 4.69) is 16.0 Å². The molecule has 4 heteroatoms. The first-order valence-electron chi connectivity index (χ1n) is 4.87. The van der Waals surface area contributed by atoms with Crippen LogP contribution in [0, 0.1) is 18.3 Å². The van der Waals surface area contributed by atoms with Gasteiger partial charge in [-0.15, -0.1) is 11.3 Å². The minimum Gasteiger partial charge on any atom is -0.282 e. The normalized spacial score (nSPS) is 19.4. The number of hydrogen-bond acceptors (Lipinski definition) is 4. The quantitative estimate of drug-likeness (QED) is 0.745. The molecule has 2 heterocycles. The van der Waals surface area contributed by atoms with Gasteiger partial charge in [-0.1, -0.05) is 0 Å². The Hall–Kier alpha value is -0.920. The highest BCUT2D eigenvalue weighted by Crippen LogP contribution is 2.26. The van der Waals surface area contributed by atoms with E-state index in [-0.39, 0.29) is 6.04 Å². The molecule has 74 valence electrons. The zero-order chi connectivity index (χ0) is 9.97. The molecular formula is C10H13N3S. The van der Waals surface area contributed by atoms with Gasteiger partial charge in [0, 0.05) is 11.1 Å². The first-order chi connectivity index (χ1) is 6.81. The number of aryl methyl sites for hydroxylation is 1. The Morgan fingerprint density at radius 2 is 2.29 bits per heavy atom. The molecule has 0 aromatic carbocycles. The number of hydrogen-bond donors (Lipinski definition) is 0. The van der Waals surface area contributed by atoms with Crippen LogP contribution in [-0.4, -0.2) is 23.0 Å². The van der Waals surface area contributed by atoms with Gasteiger partial charge >= 0.3 is 0 Å². The fraction of sp³-hybridized carbons (Fsp3) is 0.600. The van der Waals surface area contributed by atoms with Gasteiger partial charge in [0.05, 0.1) is 6.07 Å². The van der Waals surface area contributed by atoms with Crippen molar-refractivity contribution in [3.8, 4) is 6.07 Å². The average molecular weight is 207 g/mol. The lowest BCUT2D eigenvalue weighted by molar-refractivity contribution is 0.293. The van der Waals surface area contributed by atoms with E-state index in [1.165, 1.54) is 12.8 Å². The summed E-state index contributed by atoms with van der Waals surface area (Å²) in [7, 11) is 0. The Labute approximate surface area is 88.0 Å². The van der Waals surface area contributed by atoms with E-state index in [1.807, 2.05) is 12.3 Å². The molecule has 2 rings (SSSR count). The summed E-state index contributed by atoms with van der Waals surface area (Å²) in [5.74, 6) is 0. The predicted octanol–water partition coefficient (Wildman–Crippen LogP) is 2.11. The minimum absolute atomic E-state index is 0.115. The van der Waals surface area contributed by atoms with Gasteiger partial charge in [-0.3, -0.25) is 4.90 Å². The van der Waals surface area contributed by atoms with Crippen molar-refractivity contribution in [2.45, 2.75) is 25.8 Å². The highest BCUT2D eigenvalue weighted by atomic mass is 32.1. The summed E-state index contributed by atoms with van der Waals surface area (Å²) in [5, 5.41) is 12.1. The third-order valence-electron chi connectivity index (χ3n) is 2.50. The maximum absolute atomic E-state index is 9.12. The summed E-state index contributed by atoms with van der Waals surface area (Å²) in [6.07, 6.45) is 2.42. The summed E-state index contributed by atoms with van der Waals surface area (Å²) in [6, 6.07) is 2.23. The van der Waals surface area contributed by atoms with Crippen molar-refractivity contribution in [2.24, 2.45) is 0 Å². The zero-order valence-corrected chi connectivity index (χ0v) is 9.05. The van der Waals surface area contributed by atoms with Crippen LogP contribution in [0.1, 0.15) is 29.6 Å². The highest BCUT2D eigenvalue weighted by Gasteiger charge is 2.25. The van der Waals surface area contributed by atoms with Crippen LogP contribution in [0.25, 0.3) is 0 Å². The maximum atomic E-state index is 9.12. The van der Waals surface area contributed by atoms with Gasteiger partial charge in [-0.25, -0.2) is 4.98 Å². The van der Waals surface area contributed by atoms with Crippen molar-refractivity contribution in [2.75, 3.05) is 13.1 Å². The van der Waals surface area contributed by atoms with Gasteiger partial charge in [0.2, 0.25) is 0 Å². The van der Waals surface area contributed by atoms with Crippen molar-refractivity contribution >= 4 is 11.3 Å². The van der Waals surface area contributed by atoms with Gasteiger partial charge in [-0.2, -0.15) is 5.26 Å². The van der Waals surface area contributed by atoms with Crippen LogP contribution >= 0.6 is 11.3 Å². The van der Waals surface area contributed by atoms with Crippen molar-refractivity contribution in [1.29, 1.82) is 5.26 Å². The first kappa shape index (κ1) is 9.63. The number of nitriles is 1. The third-order valence-corrected chi connectivity index (χ3v) is 3.51. The second-order valence-electron chi connectivity index (χ2n) is 3.60. The van der Waals surface area contributed by atoms with Gasteiger partial charge < -0.3 is 0 Å². The van der Waals surface area contributed by atoms with Crippen LogP contribution in [0.3, 0.4) is 0 Å². The molecule has 0 spiro atoms. The van der Waals surface area contributed by atoms with Crippen LogP contribution < -0.4 is 0 Å². The van der Waals surface area contributed by atoms with Crippen molar-refractivity contribution in [1.82, 2.24) is 9.88 Å². The molecule has 1 aromatic heterocycles. The Balaban J connectivity index is 2.17. The Bertz CT molecular complexity index is 346. The largest absolute Gasteiger partial charge is 0.282 e. The van der Waals surface area contributed by atoms with E-state index in [9.17, 15) is 0 Å². The molecule has 0 bridgehead atoms. The topological polar surface area (TPSA) is 39.9 Å². The van der Waals surface area contributed by atoms with Crippen LogP contribution in [0.5, 0.6) is 0 Å². The molecule has 0 amide bonds. The molecule has 1 atom stereocenters. The fourth-order valence-corrected chi connectivity index (χ4v) is 2.66. The molecule has 14 heavy (non-hydrogen) atoms. The Morgan fingerprint density at radius 1 is 1.57 bits per heavy atom. The monoisotopic (exact) mass is 207 g/mol. The predicted molar refractivity (Wildman–Crippen MR) is 56.0 cm³/mol. The van der Waals surface area contributed by atoms with E-state index in [1.54, 1.807) is 11.3 Å². The minimum atomic E-state index is -0.115. The highest BCUT2D eigenvalue weighted by molar-refractivity contribution is 7.09. The Morgan fingerprint density at radius 3 is 2.79 bits per heavy atom. The molecule has 3 nitrogen and oxygen atoms in total. The molecule has 0 saturated carbocycles. The van der Waals surface area contributed by atoms with Gasteiger partial charge in [0.25, 0.3) is 0 Å². The molecule has 1 aliphatic heterocycles. The molecule has 0 N–H and O–H groups in total. The third kappa shape index (κ3) is 1.79. The van der Waals surface area contributed by atoms with Gasteiger partial charge in [0.1, 0.15) is 5.01 Å². The molecule has 1 unspecified atom stereocenters. The summed E-state index contributed by atoms with van der Waals surface area (Å²) in [6.45, 7) is 4.05. The maximum Gasteiger partial charge on any atom is 0.150 e. The van der Waals surface area contributed by atoms with Crippen LogP contribution in [0.4, 0.5) is 0 Å². The second kappa shape index (κ2) is 4.07. The average Bonchev–Trinajstić information content (AvgIpc) is 2.79. The number of rotatable bonds is 2. The fourth-order valence-electron chi connectivity index (χ4n) is 1.79. The molecule has 0 radical (unpaired) electrons. The summed E-state index contributed by atoms with van der Waals surface area (Å²) in [5.41, 5.74) is 1.02. The van der Waals surface area contributed by atoms with Crippen molar-refractivity contribution < 1.29 is 0 Å². The van der Waals surface area contributed by atoms with Crippen molar-refractivity contribution in [3.05, 3.63) is 16.1 Å². The van der Waals surface area contributed by atoms with Crippen LogP contribution in [0.15, 0.2) is 5.38 Å². The number of nitrogens with zero attached hydrogens (tertiary/aromatic N) is 3. The molecule has 0 aliphatic carbocycles. The number of likely N-dealkylation sites (tertiary alicyclic amines) is 1. The molecule has 1 fully saturated rings. The number of aromatic nitrogens is 1. The standard InChI is InChI=1S/C10H13N3S/c1-8-7-14-10(12-8)9(6-11)13-4-2-3-5-13/h7,9H,2-5H2,1H3. The van der Waals surface area contributed by atoms with Gasteiger partial charge in [-0.05, 0) is 32.9 Å². The van der Waals surface area contributed by atoms with E-state index in [0.29, 0.717) is 0 Å². The smallest absolute Gasteiger partial charge is 0.150 e. The molecule has 1 aromatic rings. The lowest BCUT2D eigenvalue weighted by Gasteiger charge is -2.18. The van der Waals surface area contributed by atoms with E-state index >= 15 is 0 Å². The van der Waals surface area contributed by atoms with E-state index in [0.717, 1.165) is 23.8 Å². The SMILES string of the molecule is Cc1csc(C(C#N)N2CCCC2)n1. The Kier molecular flexibility index (Phi) is 2.80. The lowest BCUT2D eigenvalue weighted by Crippen LogP contribution is -2.24. The summed E-state index contributed by atoms with van der Waals surface area (Å²) in [4.78, 5) is 6.60. The molecule has 1 saturated heterocycles. The van der Waals surface area contributed by atoms with E-state index < -0.39 is 0 Å². The van der Waals surface area contributed by atoms with Crippen LogP contribution in [0.2, 0.25) is 0 Å². The van der Waals surface area contributed by atoms with E-state index in [4.69, 9.17) is 5.26 Å². The second-order valence-corrected chi connectivity index (χ2v) is 4.49. The van der Waals surface area contributed by atoms with Gasteiger partial charge in [0.15, 0.2) is 6.04 Å². The lowest BCUT2D eigenvalue weighted by atomic mass is 10.3. The molecular weight excluding hydrogens is 194 g/mol. The van der Waals surface area contributed by atoms with Crippen LogP contribution in [-0.2, 0) is 0 Å². The summed E-state index contributed by atoms with van der Waals surface area (Å²) < 4.78 is 0. The zero-order valence-electron chi connectivity index (χ0n) is 8.23. The van der Waals surface area contributed by atoms with Crippen molar-refractivity contribution in [3.63, 3.8) is 0 Å². The number of thiazole rings is 1. The summed E-state index contributed by atoms with van der Waals surface area (Å²) >= 11 is 1.59.